The van der Waals surface area contributed by atoms with Crippen molar-refractivity contribution in [1.82, 2.24) is 4.72 Å². The average Bonchev–Trinajstić information content (AvgIpc) is 2.49. The van der Waals surface area contributed by atoms with Gasteiger partial charge in [-0.3, -0.25) is 4.18 Å². The van der Waals surface area contributed by atoms with Crippen LogP contribution in [0.2, 0.25) is 0 Å². The molecule has 1 N–H and O–H groups in total. The predicted molar refractivity (Wildman–Crippen MR) is 91.6 cm³/mol. The molecule has 0 radical (unpaired) electrons. The first-order valence-corrected chi connectivity index (χ1v) is 11.1. The van der Waals surface area contributed by atoms with Crippen molar-refractivity contribution in [3.8, 4) is 0 Å². The molecule has 8 nitrogen and oxygen atoms in total. The Hall–Kier alpha value is -1.46. The van der Waals surface area contributed by atoms with Crippen molar-refractivity contribution in [3.05, 3.63) is 48.2 Å². The molecule has 0 aliphatic carbocycles. The Morgan fingerprint density at radius 2 is 1.80 bits per heavy atom. The molecule has 2 rings (SSSR count). The first-order valence-electron chi connectivity index (χ1n) is 7.43. The third kappa shape index (κ3) is 7.12. The van der Waals surface area contributed by atoms with Gasteiger partial charge in [0.25, 0.3) is 10.1 Å². The van der Waals surface area contributed by atoms with Gasteiger partial charge >= 0.3 is 0 Å². The molecule has 1 aliphatic rings. The van der Waals surface area contributed by atoms with Gasteiger partial charge in [-0.25, -0.2) is 13.1 Å². The summed E-state index contributed by atoms with van der Waals surface area (Å²) in [6.45, 7) is 0.335. The monoisotopic (exact) mass is 391 g/mol. The number of rotatable bonds is 8. The van der Waals surface area contributed by atoms with Crippen molar-refractivity contribution in [1.29, 1.82) is 0 Å². The maximum absolute atomic E-state index is 11.5. The van der Waals surface area contributed by atoms with Crippen molar-refractivity contribution in [2.75, 3.05) is 19.1 Å². The second kappa shape index (κ2) is 8.28. The highest BCUT2D eigenvalue weighted by Crippen LogP contribution is 2.19. The molecule has 0 spiro atoms. The quantitative estimate of drug-likeness (QED) is 0.638. The second-order valence-electron chi connectivity index (χ2n) is 5.68. The summed E-state index contributed by atoms with van der Waals surface area (Å²) in [5.74, 6) is 0. The molecule has 1 heterocycles. The molecule has 0 fully saturated rings. The molecule has 1 aliphatic heterocycles. The Morgan fingerprint density at radius 1 is 1.12 bits per heavy atom. The van der Waals surface area contributed by atoms with Crippen LogP contribution in [0.3, 0.4) is 0 Å². The van der Waals surface area contributed by atoms with Crippen LogP contribution in [-0.2, 0) is 40.4 Å². The van der Waals surface area contributed by atoms with E-state index in [1.54, 1.807) is 0 Å². The van der Waals surface area contributed by atoms with Gasteiger partial charge in [0.2, 0.25) is 10.0 Å². The van der Waals surface area contributed by atoms with E-state index in [9.17, 15) is 16.8 Å². The van der Waals surface area contributed by atoms with Gasteiger partial charge in [-0.15, -0.1) is 0 Å². The van der Waals surface area contributed by atoms with Gasteiger partial charge in [-0.2, -0.15) is 8.42 Å². The number of benzene rings is 1. The standard InChI is InChI=1S/C15H21NO7S2/c1-24(17,18)16-13-8-9-22-14(15(13)23-25(2,19)20)11-21-10-12-6-4-3-5-7-12/h3-9,13-16H,10-11H2,1-2H3/t13-,14-,15+/m1/s1. The van der Waals surface area contributed by atoms with Crippen LogP contribution in [0, 0.1) is 0 Å². The first-order chi connectivity index (χ1) is 11.6. The van der Waals surface area contributed by atoms with Gasteiger partial charge in [-0.1, -0.05) is 30.3 Å². The zero-order valence-corrected chi connectivity index (χ0v) is 15.5. The summed E-state index contributed by atoms with van der Waals surface area (Å²) in [7, 11) is -7.40. The fourth-order valence-electron chi connectivity index (χ4n) is 2.33. The van der Waals surface area contributed by atoms with E-state index in [4.69, 9.17) is 13.7 Å². The molecule has 0 amide bonds. The Labute approximate surface area is 148 Å². The van der Waals surface area contributed by atoms with Crippen molar-refractivity contribution in [3.63, 3.8) is 0 Å². The van der Waals surface area contributed by atoms with Crippen LogP contribution in [-0.4, -0.2) is 54.2 Å². The zero-order chi connectivity index (χ0) is 18.5. The fraction of sp³-hybridized carbons (Fsp3) is 0.467. The summed E-state index contributed by atoms with van der Waals surface area (Å²) < 4.78 is 64.4. The van der Waals surface area contributed by atoms with Crippen LogP contribution < -0.4 is 4.72 Å². The van der Waals surface area contributed by atoms with Gasteiger partial charge in [-0.05, 0) is 11.6 Å². The van der Waals surface area contributed by atoms with E-state index < -0.39 is 38.4 Å². The normalized spacial score (nSPS) is 24.0. The Morgan fingerprint density at radius 3 is 2.40 bits per heavy atom. The van der Waals surface area contributed by atoms with Crippen molar-refractivity contribution < 1.29 is 30.5 Å². The van der Waals surface area contributed by atoms with Crippen LogP contribution in [0.15, 0.2) is 42.7 Å². The topological polar surface area (TPSA) is 108 Å². The molecule has 0 saturated heterocycles. The van der Waals surface area contributed by atoms with Gasteiger partial charge in [0.1, 0.15) is 6.10 Å². The molecule has 1 aromatic carbocycles. The van der Waals surface area contributed by atoms with Crippen molar-refractivity contribution in [2.45, 2.75) is 24.9 Å². The minimum Gasteiger partial charge on any atom is -0.493 e. The zero-order valence-electron chi connectivity index (χ0n) is 13.9. The number of ether oxygens (including phenoxy) is 2. The highest BCUT2D eigenvalue weighted by molar-refractivity contribution is 7.88. The van der Waals surface area contributed by atoms with Crippen LogP contribution >= 0.6 is 0 Å². The molecule has 3 atom stereocenters. The molecule has 0 bridgehead atoms. The van der Waals surface area contributed by atoms with Crippen LogP contribution in [0.25, 0.3) is 0 Å². The number of sulfonamides is 1. The summed E-state index contributed by atoms with van der Waals surface area (Å²) in [5, 5.41) is 0. The third-order valence-electron chi connectivity index (χ3n) is 3.29. The minimum atomic E-state index is -3.83. The lowest BCUT2D eigenvalue weighted by Crippen LogP contribution is -2.52. The smallest absolute Gasteiger partial charge is 0.264 e. The lowest BCUT2D eigenvalue weighted by Gasteiger charge is -2.33. The predicted octanol–water partition coefficient (Wildman–Crippen LogP) is 0.378. The van der Waals surface area contributed by atoms with Crippen molar-refractivity contribution >= 4 is 20.1 Å². The van der Waals surface area contributed by atoms with E-state index in [0.29, 0.717) is 6.61 Å². The lowest BCUT2D eigenvalue weighted by atomic mass is 10.1. The highest BCUT2D eigenvalue weighted by atomic mass is 32.2. The van der Waals surface area contributed by atoms with Gasteiger partial charge in [0, 0.05) is 0 Å². The van der Waals surface area contributed by atoms with Gasteiger partial charge in [0.05, 0.1) is 38.0 Å². The lowest BCUT2D eigenvalue weighted by molar-refractivity contribution is -0.0512. The van der Waals surface area contributed by atoms with Crippen LogP contribution in [0.5, 0.6) is 0 Å². The maximum atomic E-state index is 11.5. The molecule has 0 unspecified atom stereocenters. The number of hydrogen-bond acceptors (Lipinski definition) is 7. The van der Waals surface area contributed by atoms with Crippen LogP contribution in [0.4, 0.5) is 0 Å². The molecule has 0 saturated carbocycles. The van der Waals surface area contributed by atoms with Gasteiger partial charge < -0.3 is 9.47 Å². The summed E-state index contributed by atoms with van der Waals surface area (Å²) in [6.07, 6.45) is 2.71. The summed E-state index contributed by atoms with van der Waals surface area (Å²) in [5.41, 5.74) is 0.945. The summed E-state index contributed by atoms with van der Waals surface area (Å²) in [4.78, 5) is 0. The van der Waals surface area contributed by atoms with E-state index in [-0.39, 0.29) is 6.61 Å². The molecular formula is C15H21NO7S2. The average molecular weight is 391 g/mol. The molecule has 25 heavy (non-hydrogen) atoms. The largest absolute Gasteiger partial charge is 0.493 e. The van der Waals surface area contributed by atoms with Crippen LogP contribution in [0.1, 0.15) is 5.56 Å². The summed E-state index contributed by atoms with van der Waals surface area (Å²) in [6, 6.07) is 8.53. The molecular weight excluding hydrogens is 370 g/mol. The van der Waals surface area contributed by atoms with E-state index in [2.05, 4.69) is 4.72 Å². The molecule has 0 aromatic heterocycles. The first kappa shape index (κ1) is 19.9. The summed E-state index contributed by atoms with van der Waals surface area (Å²) >= 11 is 0. The minimum absolute atomic E-state index is 0.0291. The highest BCUT2D eigenvalue weighted by Gasteiger charge is 2.37. The van der Waals surface area contributed by atoms with Crippen molar-refractivity contribution in [2.24, 2.45) is 0 Å². The van der Waals surface area contributed by atoms with E-state index in [1.807, 2.05) is 30.3 Å². The fourth-order valence-corrected chi connectivity index (χ4v) is 3.68. The Kier molecular flexibility index (Phi) is 6.58. The number of nitrogens with one attached hydrogen (secondary N) is 1. The Balaban J connectivity index is 2.06. The van der Waals surface area contributed by atoms with Gasteiger partial charge in [0.15, 0.2) is 6.10 Å². The number of hydrogen-bond donors (Lipinski definition) is 1. The third-order valence-corrected chi connectivity index (χ3v) is 4.56. The molecule has 10 heteroatoms. The second-order valence-corrected chi connectivity index (χ2v) is 9.07. The maximum Gasteiger partial charge on any atom is 0.264 e. The van der Waals surface area contributed by atoms with E-state index in [1.165, 1.54) is 12.3 Å². The SMILES string of the molecule is CS(=O)(=O)N[C@@H]1C=CO[C@H](COCc2ccccc2)[C@H]1OS(C)(=O)=O. The molecule has 140 valence electrons. The van der Waals surface area contributed by atoms with E-state index >= 15 is 0 Å². The van der Waals surface area contributed by atoms with E-state index in [0.717, 1.165) is 18.1 Å². The Bertz CT molecular complexity index is 790. The molecule has 1 aromatic rings.